The molecule has 0 aromatic heterocycles. The van der Waals surface area contributed by atoms with E-state index in [2.05, 4.69) is 24.5 Å². The van der Waals surface area contributed by atoms with E-state index in [0.29, 0.717) is 27.2 Å². The van der Waals surface area contributed by atoms with Crippen LogP contribution in [0, 0.1) is 29.5 Å². The molecule has 1 saturated carbocycles. The van der Waals surface area contributed by atoms with Crippen molar-refractivity contribution < 1.29 is 23.5 Å². The lowest BCUT2D eigenvalue weighted by Crippen LogP contribution is -2.57. The van der Waals surface area contributed by atoms with E-state index in [1.54, 1.807) is 42.5 Å². The van der Waals surface area contributed by atoms with Gasteiger partial charge in [-0.05, 0) is 54.2 Å². The lowest BCUT2D eigenvalue weighted by Gasteiger charge is -2.38. The summed E-state index contributed by atoms with van der Waals surface area (Å²) in [5, 5.41) is 6.79. The van der Waals surface area contributed by atoms with Crippen molar-refractivity contribution in [3.8, 4) is 0 Å². The van der Waals surface area contributed by atoms with Gasteiger partial charge in [-0.15, -0.1) is 0 Å². The first-order valence-electron chi connectivity index (χ1n) is 14.1. The van der Waals surface area contributed by atoms with Gasteiger partial charge in [-0.2, -0.15) is 0 Å². The summed E-state index contributed by atoms with van der Waals surface area (Å²) in [7, 11) is 0. The Kier molecular flexibility index (Phi) is 7.37. The second-order valence-electron chi connectivity index (χ2n) is 11.8. The molecule has 8 atom stereocenters. The highest BCUT2D eigenvalue weighted by Gasteiger charge is 2.72. The number of halogens is 3. The van der Waals surface area contributed by atoms with Crippen molar-refractivity contribution in [2.45, 2.75) is 63.4 Å². The zero-order valence-electron chi connectivity index (χ0n) is 22.8. The molecule has 2 aromatic rings. The molecule has 7 nitrogen and oxygen atoms in total. The van der Waals surface area contributed by atoms with E-state index in [1.165, 1.54) is 17.0 Å². The lowest BCUT2D eigenvalue weighted by atomic mass is 9.73. The number of ether oxygens (including phenoxy) is 1. The van der Waals surface area contributed by atoms with Crippen LogP contribution in [0.4, 0.5) is 10.1 Å². The van der Waals surface area contributed by atoms with Crippen molar-refractivity contribution >= 4 is 46.6 Å². The van der Waals surface area contributed by atoms with Crippen LogP contribution in [0.5, 0.6) is 0 Å². The van der Waals surface area contributed by atoms with Gasteiger partial charge in [-0.1, -0.05) is 74.2 Å². The fourth-order valence-corrected chi connectivity index (χ4v) is 7.65. The third-order valence-corrected chi connectivity index (χ3v) is 9.79. The van der Waals surface area contributed by atoms with Crippen LogP contribution in [0.1, 0.15) is 38.7 Å². The molecule has 3 aliphatic heterocycles. The molecular weight excluding hydrogens is 568 g/mol. The Morgan fingerprint density at radius 1 is 1.07 bits per heavy atom. The van der Waals surface area contributed by atoms with Gasteiger partial charge in [0.25, 0.3) is 0 Å². The van der Waals surface area contributed by atoms with E-state index in [4.69, 9.17) is 27.9 Å². The number of rotatable bonds is 6. The number of likely N-dealkylation sites (tertiary alicyclic amines) is 1. The van der Waals surface area contributed by atoms with Gasteiger partial charge in [0.15, 0.2) is 0 Å². The van der Waals surface area contributed by atoms with E-state index >= 15 is 0 Å². The maximum atomic E-state index is 14.2. The Morgan fingerprint density at radius 3 is 2.49 bits per heavy atom. The van der Waals surface area contributed by atoms with E-state index in [0.717, 1.165) is 19.3 Å². The fraction of sp³-hybridized carbons (Fsp3) is 0.452. The lowest BCUT2D eigenvalue weighted by molar-refractivity contribution is -0.142. The SMILES string of the molecule is CC1CCCC(NC(=O)C2N(Cc3ccc(F)cc3)C(=O)C3C(C(=O)Nc4cc(Cl)cc(Cl)c4)C4C=CC32O4)C1C. The number of nitrogens with zero attached hydrogens (tertiary/aromatic N) is 1. The average Bonchev–Trinajstić information content (AvgIpc) is 3.55. The van der Waals surface area contributed by atoms with Gasteiger partial charge in [0.2, 0.25) is 17.7 Å². The van der Waals surface area contributed by atoms with Crippen LogP contribution in [-0.2, 0) is 25.7 Å². The molecule has 3 fully saturated rings. The molecule has 10 heteroatoms. The van der Waals surface area contributed by atoms with Crippen molar-refractivity contribution in [3.05, 3.63) is 76.0 Å². The Balaban J connectivity index is 1.33. The van der Waals surface area contributed by atoms with Crippen molar-refractivity contribution in [1.82, 2.24) is 10.2 Å². The Morgan fingerprint density at radius 2 is 1.78 bits per heavy atom. The van der Waals surface area contributed by atoms with Crippen LogP contribution in [0.25, 0.3) is 0 Å². The topological polar surface area (TPSA) is 87.7 Å². The third-order valence-electron chi connectivity index (χ3n) is 9.36. The molecule has 6 rings (SSSR count). The first-order valence-corrected chi connectivity index (χ1v) is 14.8. The minimum absolute atomic E-state index is 0.0290. The highest BCUT2D eigenvalue weighted by molar-refractivity contribution is 6.35. The summed E-state index contributed by atoms with van der Waals surface area (Å²) in [6, 6.07) is 9.52. The second-order valence-corrected chi connectivity index (χ2v) is 12.7. The zero-order chi connectivity index (χ0) is 29.1. The Bertz CT molecular complexity index is 1400. The molecule has 1 aliphatic carbocycles. The Hall–Kier alpha value is -2.94. The molecule has 2 saturated heterocycles. The summed E-state index contributed by atoms with van der Waals surface area (Å²) in [5.41, 5.74) is -0.234. The molecular formula is C31H32Cl2FN3O4. The molecule has 3 heterocycles. The number of carbonyl (C=O) groups excluding carboxylic acids is 3. The molecule has 2 N–H and O–H groups in total. The molecule has 2 bridgehead atoms. The number of nitrogens with one attached hydrogen (secondary N) is 2. The van der Waals surface area contributed by atoms with Crippen molar-refractivity contribution in [2.24, 2.45) is 23.7 Å². The molecule has 0 radical (unpaired) electrons. The van der Waals surface area contributed by atoms with Crippen molar-refractivity contribution in [3.63, 3.8) is 0 Å². The molecule has 41 heavy (non-hydrogen) atoms. The minimum atomic E-state index is -1.30. The highest BCUT2D eigenvalue weighted by atomic mass is 35.5. The van der Waals surface area contributed by atoms with Gasteiger partial charge >= 0.3 is 0 Å². The van der Waals surface area contributed by atoms with Crippen LogP contribution >= 0.6 is 23.2 Å². The van der Waals surface area contributed by atoms with Crippen LogP contribution in [0.2, 0.25) is 10.0 Å². The molecule has 4 aliphatic rings. The maximum absolute atomic E-state index is 14.2. The minimum Gasteiger partial charge on any atom is -0.359 e. The molecule has 8 unspecified atom stereocenters. The van der Waals surface area contributed by atoms with Crippen LogP contribution < -0.4 is 10.6 Å². The van der Waals surface area contributed by atoms with Gasteiger partial charge in [0.1, 0.15) is 17.5 Å². The van der Waals surface area contributed by atoms with E-state index < -0.39 is 41.3 Å². The average molecular weight is 601 g/mol. The first-order chi connectivity index (χ1) is 19.6. The highest BCUT2D eigenvalue weighted by Crippen LogP contribution is 2.55. The van der Waals surface area contributed by atoms with Crippen LogP contribution in [0.15, 0.2) is 54.6 Å². The number of carbonyl (C=O) groups is 3. The summed E-state index contributed by atoms with van der Waals surface area (Å²) in [6.45, 7) is 4.41. The summed E-state index contributed by atoms with van der Waals surface area (Å²) in [6.07, 6.45) is 5.87. The molecule has 3 amide bonds. The van der Waals surface area contributed by atoms with Gasteiger partial charge in [0, 0.05) is 28.3 Å². The van der Waals surface area contributed by atoms with Gasteiger partial charge in [-0.3, -0.25) is 14.4 Å². The smallest absolute Gasteiger partial charge is 0.246 e. The van der Waals surface area contributed by atoms with Gasteiger partial charge in [-0.25, -0.2) is 4.39 Å². The standard InChI is InChI=1S/C31H32Cl2FN3O4/c1-16-4-3-5-23(17(16)2)36-29(39)27-31-11-10-24(41-31)25(28(38)35-22-13-19(32)12-20(33)14-22)26(31)30(40)37(27)15-18-6-8-21(34)9-7-18/h6-14,16-17,23-27H,3-5,15H2,1-2H3,(H,35,38)(H,36,39). The summed E-state index contributed by atoms with van der Waals surface area (Å²) in [5.74, 6) is -2.50. The molecule has 216 valence electrons. The van der Waals surface area contributed by atoms with Crippen molar-refractivity contribution in [1.29, 1.82) is 0 Å². The summed E-state index contributed by atoms with van der Waals surface area (Å²) >= 11 is 12.3. The maximum Gasteiger partial charge on any atom is 0.246 e. The zero-order valence-corrected chi connectivity index (χ0v) is 24.3. The Labute approximate surface area is 248 Å². The number of hydrogen-bond donors (Lipinski definition) is 2. The predicted molar refractivity (Wildman–Crippen MR) is 154 cm³/mol. The number of anilines is 1. The van der Waals surface area contributed by atoms with Crippen LogP contribution in [0.3, 0.4) is 0 Å². The summed E-state index contributed by atoms with van der Waals surface area (Å²) < 4.78 is 20.1. The van der Waals surface area contributed by atoms with Crippen molar-refractivity contribution in [2.75, 3.05) is 5.32 Å². The normalized spacial score (nSPS) is 33.6. The summed E-state index contributed by atoms with van der Waals surface area (Å²) in [4.78, 5) is 43.5. The second kappa shape index (κ2) is 10.7. The number of hydrogen-bond acceptors (Lipinski definition) is 4. The molecule has 2 aromatic carbocycles. The first kappa shape index (κ1) is 28.2. The third kappa shape index (κ3) is 4.94. The number of benzene rings is 2. The number of fused-ring (bicyclic) bond motifs is 1. The quantitative estimate of drug-likeness (QED) is 0.437. The van der Waals surface area contributed by atoms with Gasteiger partial charge < -0.3 is 20.3 Å². The molecule has 1 spiro atoms. The largest absolute Gasteiger partial charge is 0.359 e. The van der Waals surface area contributed by atoms with Crippen LogP contribution in [-0.4, -0.2) is 46.4 Å². The predicted octanol–water partition coefficient (Wildman–Crippen LogP) is 5.36. The fourth-order valence-electron chi connectivity index (χ4n) is 7.12. The van der Waals surface area contributed by atoms with E-state index in [1.807, 2.05) is 0 Å². The van der Waals surface area contributed by atoms with E-state index in [-0.39, 0.29) is 30.3 Å². The number of amides is 3. The van der Waals surface area contributed by atoms with E-state index in [9.17, 15) is 18.8 Å². The van der Waals surface area contributed by atoms with Gasteiger partial charge in [0.05, 0.1) is 17.9 Å². The monoisotopic (exact) mass is 599 g/mol.